The molecular formula is C30H27F2N3O5S. The van der Waals surface area contributed by atoms with Gasteiger partial charge in [0.1, 0.15) is 5.75 Å². The van der Waals surface area contributed by atoms with Crippen molar-refractivity contribution in [3.05, 3.63) is 77.8 Å². The van der Waals surface area contributed by atoms with Crippen LogP contribution in [0.25, 0.3) is 22.4 Å². The van der Waals surface area contributed by atoms with E-state index < -0.39 is 18.5 Å². The molecule has 1 fully saturated rings. The molecule has 0 aliphatic heterocycles. The van der Waals surface area contributed by atoms with E-state index in [0.29, 0.717) is 33.4 Å². The van der Waals surface area contributed by atoms with Gasteiger partial charge in [0.05, 0.1) is 25.1 Å². The Morgan fingerprint density at radius 1 is 1.10 bits per heavy atom. The Morgan fingerprint density at radius 3 is 2.51 bits per heavy atom. The van der Waals surface area contributed by atoms with Crippen molar-refractivity contribution in [2.24, 2.45) is 5.92 Å². The number of pyridine rings is 1. The predicted molar refractivity (Wildman–Crippen MR) is 150 cm³/mol. The molecule has 1 amide bonds. The van der Waals surface area contributed by atoms with Gasteiger partial charge in [-0.1, -0.05) is 30.3 Å². The first-order valence-corrected chi connectivity index (χ1v) is 13.8. The Balaban J connectivity index is 1.50. The number of hydrogen-bond acceptors (Lipinski definition) is 7. The van der Waals surface area contributed by atoms with Crippen LogP contribution in [0.15, 0.2) is 72.2 Å². The summed E-state index contributed by atoms with van der Waals surface area (Å²) in [5.74, 6) is -1.73. The van der Waals surface area contributed by atoms with Gasteiger partial charge in [-0.3, -0.25) is 14.5 Å². The number of benzene rings is 2. The molecule has 0 spiro atoms. The van der Waals surface area contributed by atoms with Gasteiger partial charge in [0.25, 0.3) is 0 Å². The largest absolute Gasteiger partial charge is 0.481 e. The number of carbonyl (C=O) groups is 2. The number of aliphatic carboxylic acids is 1. The van der Waals surface area contributed by atoms with Crippen molar-refractivity contribution in [1.29, 1.82) is 0 Å². The highest BCUT2D eigenvalue weighted by Gasteiger charge is 2.39. The van der Waals surface area contributed by atoms with Gasteiger partial charge in [0.15, 0.2) is 5.13 Å². The minimum Gasteiger partial charge on any atom is -0.481 e. The highest BCUT2D eigenvalue weighted by Crippen LogP contribution is 2.40. The molecule has 0 bridgehead atoms. The number of hydrogen-bond donors (Lipinski definition) is 1. The third-order valence-electron chi connectivity index (χ3n) is 6.69. The van der Waals surface area contributed by atoms with Crippen molar-refractivity contribution >= 4 is 28.3 Å². The van der Waals surface area contributed by atoms with Crippen molar-refractivity contribution in [1.82, 2.24) is 9.97 Å². The molecule has 1 aliphatic carbocycles. The number of methoxy groups -OCH3 is 1. The lowest BCUT2D eigenvalue weighted by Crippen LogP contribution is -2.39. The number of carboxylic acid groups (broad SMARTS) is 1. The van der Waals surface area contributed by atoms with Crippen LogP contribution in [0, 0.1) is 5.92 Å². The van der Waals surface area contributed by atoms with Gasteiger partial charge in [0, 0.05) is 34.8 Å². The summed E-state index contributed by atoms with van der Waals surface area (Å²) in [6, 6.07) is 17.3. The molecule has 2 heterocycles. The minimum absolute atomic E-state index is 0.0331. The van der Waals surface area contributed by atoms with Gasteiger partial charge in [-0.2, -0.15) is 8.78 Å². The van der Waals surface area contributed by atoms with Gasteiger partial charge in [-0.05, 0) is 54.7 Å². The topological polar surface area (TPSA) is 102 Å². The Hall–Kier alpha value is -4.38. The van der Waals surface area contributed by atoms with Crippen molar-refractivity contribution in [3.8, 4) is 34.0 Å². The molecule has 2 aromatic heterocycles. The van der Waals surface area contributed by atoms with Crippen LogP contribution in [0.2, 0.25) is 0 Å². The second-order valence-corrected chi connectivity index (χ2v) is 10.5. The minimum atomic E-state index is -3.00. The van der Waals surface area contributed by atoms with E-state index in [1.54, 1.807) is 34.7 Å². The fraction of sp³-hybridized carbons (Fsp3) is 0.267. The summed E-state index contributed by atoms with van der Waals surface area (Å²) in [7, 11) is 1.51. The lowest BCUT2D eigenvalue weighted by atomic mass is 9.94. The maximum Gasteiger partial charge on any atom is 0.387 e. The number of nitrogens with zero attached hydrogens (tertiary/aromatic N) is 3. The average Bonchev–Trinajstić information content (AvgIpc) is 3.68. The molecule has 1 aliphatic rings. The maximum atomic E-state index is 13.8. The van der Waals surface area contributed by atoms with Crippen molar-refractivity contribution < 1.29 is 33.0 Å². The summed E-state index contributed by atoms with van der Waals surface area (Å²) < 4.78 is 35.9. The molecular weight excluding hydrogens is 552 g/mol. The standard InChI is InChI=1S/C30H27F2N3O5S/c1-39-26-12-7-19(16-33-26)23-11-10-22(40-29(31)32)15-24(23)25-17-41-30(34-25)35(21-8-9-21)28(38)20(14-27(36)37)13-18-5-3-2-4-6-18/h2-7,10-12,15-17,20-21,29H,8-9,13-14H2,1H3,(H,36,37)/t20-/m1/s1. The fourth-order valence-electron chi connectivity index (χ4n) is 4.64. The smallest absolute Gasteiger partial charge is 0.387 e. The lowest BCUT2D eigenvalue weighted by Gasteiger charge is -2.25. The molecule has 8 nitrogen and oxygen atoms in total. The van der Waals surface area contributed by atoms with Gasteiger partial charge in [-0.25, -0.2) is 9.97 Å². The lowest BCUT2D eigenvalue weighted by molar-refractivity contribution is -0.140. The number of ether oxygens (including phenoxy) is 2. The SMILES string of the molecule is COc1ccc(-c2ccc(OC(F)F)cc2-c2csc(N(C(=O)[C@@H](CC(=O)O)Cc3ccccc3)C3CC3)n2)cn1. The fourth-order valence-corrected chi connectivity index (χ4v) is 5.54. The summed E-state index contributed by atoms with van der Waals surface area (Å²) in [4.78, 5) is 36.2. The van der Waals surface area contributed by atoms with E-state index in [4.69, 9.17) is 9.72 Å². The van der Waals surface area contributed by atoms with E-state index in [0.717, 1.165) is 18.4 Å². The first-order valence-electron chi connectivity index (χ1n) is 13.0. The zero-order valence-corrected chi connectivity index (χ0v) is 22.9. The Kier molecular flexibility index (Phi) is 8.53. The van der Waals surface area contributed by atoms with E-state index in [2.05, 4.69) is 9.72 Å². The average molecular weight is 580 g/mol. The van der Waals surface area contributed by atoms with E-state index in [1.807, 2.05) is 30.3 Å². The Bertz CT molecular complexity index is 1510. The molecule has 1 N–H and O–H groups in total. The summed E-state index contributed by atoms with van der Waals surface area (Å²) in [5, 5.41) is 11.7. The number of carbonyl (C=O) groups excluding carboxylic acids is 1. The third kappa shape index (κ3) is 6.86. The zero-order valence-electron chi connectivity index (χ0n) is 22.1. The van der Waals surface area contributed by atoms with E-state index in [1.165, 1.54) is 30.6 Å². The van der Waals surface area contributed by atoms with Gasteiger partial charge in [0.2, 0.25) is 11.8 Å². The number of anilines is 1. The highest BCUT2D eigenvalue weighted by molar-refractivity contribution is 7.14. The number of carboxylic acids is 1. The van der Waals surface area contributed by atoms with Crippen LogP contribution in [0.3, 0.4) is 0 Å². The van der Waals surface area contributed by atoms with E-state index in [9.17, 15) is 23.5 Å². The van der Waals surface area contributed by atoms with Crippen LogP contribution in [-0.4, -0.2) is 46.7 Å². The number of rotatable bonds is 12. The second-order valence-electron chi connectivity index (χ2n) is 9.61. The molecule has 1 saturated carbocycles. The van der Waals surface area contributed by atoms with Gasteiger partial charge >= 0.3 is 12.6 Å². The maximum absolute atomic E-state index is 13.8. The number of thiazole rings is 1. The molecule has 41 heavy (non-hydrogen) atoms. The molecule has 212 valence electrons. The van der Waals surface area contributed by atoms with Crippen LogP contribution in [-0.2, 0) is 16.0 Å². The van der Waals surface area contributed by atoms with Crippen molar-refractivity contribution in [3.63, 3.8) is 0 Å². The number of alkyl halides is 2. The zero-order chi connectivity index (χ0) is 28.9. The number of aromatic nitrogens is 2. The molecule has 1 atom stereocenters. The molecule has 0 saturated heterocycles. The van der Waals surface area contributed by atoms with Crippen LogP contribution in [0.4, 0.5) is 13.9 Å². The predicted octanol–water partition coefficient (Wildman–Crippen LogP) is 6.31. The van der Waals surface area contributed by atoms with E-state index >= 15 is 0 Å². The van der Waals surface area contributed by atoms with Crippen molar-refractivity contribution in [2.75, 3.05) is 12.0 Å². The quantitative estimate of drug-likeness (QED) is 0.210. The number of amides is 1. The number of halogens is 2. The molecule has 0 radical (unpaired) electrons. The summed E-state index contributed by atoms with van der Waals surface area (Å²) in [6.45, 7) is -3.00. The summed E-state index contributed by atoms with van der Waals surface area (Å²) >= 11 is 1.24. The monoisotopic (exact) mass is 579 g/mol. The first kappa shape index (κ1) is 28.2. The third-order valence-corrected chi connectivity index (χ3v) is 7.53. The van der Waals surface area contributed by atoms with Crippen LogP contribution in [0.1, 0.15) is 24.8 Å². The van der Waals surface area contributed by atoms with Crippen LogP contribution >= 0.6 is 11.3 Å². The Labute approximate surface area is 239 Å². The molecule has 0 unspecified atom stereocenters. The van der Waals surface area contributed by atoms with Crippen LogP contribution in [0.5, 0.6) is 11.6 Å². The molecule has 11 heteroatoms. The molecule has 2 aromatic carbocycles. The summed E-state index contributed by atoms with van der Waals surface area (Å²) in [6.07, 6.45) is 3.16. The van der Waals surface area contributed by atoms with Gasteiger partial charge in [-0.15, -0.1) is 11.3 Å². The Morgan fingerprint density at radius 2 is 1.88 bits per heavy atom. The van der Waals surface area contributed by atoms with Crippen LogP contribution < -0.4 is 14.4 Å². The normalized spacial score (nSPS) is 13.6. The molecule has 5 rings (SSSR count). The van der Waals surface area contributed by atoms with E-state index in [-0.39, 0.29) is 30.5 Å². The second kappa shape index (κ2) is 12.4. The van der Waals surface area contributed by atoms with Crippen molar-refractivity contribution in [2.45, 2.75) is 38.3 Å². The molecule has 4 aromatic rings. The van der Waals surface area contributed by atoms with Gasteiger partial charge < -0.3 is 14.6 Å². The highest BCUT2D eigenvalue weighted by atomic mass is 32.1. The summed E-state index contributed by atoms with van der Waals surface area (Å²) in [5.41, 5.74) is 3.24. The first-order chi connectivity index (χ1) is 19.8.